The lowest BCUT2D eigenvalue weighted by Crippen LogP contribution is -2.15. The molecule has 0 amide bonds. The monoisotopic (exact) mass is 196 g/mol. The Kier molecular flexibility index (Phi) is 3.38. The molecule has 0 unspecified atom stereocenters. The Morgan fingerprint density at radius 2 is 1.54 bits per heavy atom. The molecule has 13 heavy (non-hydrogen) atoms. The van der Waals surface area contributed by atoms with Gasteiger partial charge in [-0.3, -0.25) is 0 Å². The third-order valence-electron chi connectivity index (χ3n) is 2.69. The van der Waals surface area contributed by atoms with E-state index in [1.54, 1.807) is 0 Å². The van der Waals surface area contributed by atoms with Crippen LogP contribution in [0.5, 0.6) is 0 Å². The lowest BCUT2D eigenvalue weighted by molar-refractivity contribution is 0.566. The van der Waals surface area contributed by atoms with Gasteiger partial charge in [0.05, 0.1) is 4.87 Å². The van der Waals surface area contributed by atoms with Gasteiger partial charge in [-0.1, -0.05) is 43.7 Å². The zero-order chi connectivity index (χ0) is 9.90. The standard InChI is InChI=1S/C12H17Cl/c1-4-12(13,5-2)11-8-6-10(3)7-9-11/h6-9H,4-5H2,1-3H3. The van der Waals surface area contributed by atoms with Gasteiger partial charge in [0, 0.05) is 0 Å². The number of hydrogen-bond donors (Lipinski definition) is 0. The zero-order valence-electron chi connectivity index (χ0n) is 8.60. The highest BCUT2D eigenvalue weighted by Gasteiger charge is 2.24. The van der Waals surface area contributed by atoms with E-state index in [9.17, 15) is 0 Å². The number of alkyl halides is 1. The minimum Gasteiger partial charge on any atom is -0.114 e. The zero-order valence-corrected chi connectivity index (χ0v) is 9.36. The molecule has 0 aliphatic rings. The van der Waals surface area contributed by atoms with Gasteiger partial charge in [-0.25, -0.2) is 0 Å². The summed E-state index contributed by atoms with van der Waals surface area (Å²) < 4.78 is 0. The van der Waals surface area contributed by atoms with Crippen molar-refractivity contribution in [3.63, 3.8) is 0 Å². The Balaban J connectivity index is 2.99. The normalized spacial score (nSPS) is 11.7. The van der Waals surface area contributed by atoms with E-state index in [0.29, 0.717) is 0 Å². The molecule has 1 heteroatoms. The van der Waals surface area contributed by atoms with Gasteiger partial charge in [0.15, 0.2) is 0 Å². The largest absolute Gasteiger partial charge is 0.114 e. The van der Waals surface area contributed by atoms with Crippen LogP contribution in [0.3, 0.4) is 0 Å². The van der Waals surface area contributed by atoms with Crippen LogP contribution in [-0.4, -0.2) is 0 Å². The second kappa shape index (κ2) is 4.15. The van der Waals surface area contributed by atoms with E-state index < -0.39 is 0 Å². The summed E-state index contributed by atoms with van der Waals surface area (Å²) in [4.78, 5) is -0.159. The average molecular weight is 197 g/mol. The van der Waals surface area contributed by atoms with Crippen molar-refractivity contribution in [3.8, 4) is 0 Å². The third-order valence-corrected chi connectivity index (χ3v) is 3.44. The number of rotatable bonds is 3. The quantitative estimate of drug-likeness (QED) is 0.635. The predicted octanol–water partition coefficient (Wildman–Crippen LogP) is 4.25. The van der Waals surface area contributed by atoms with Crippen molar-refractivity contribution in [3.05, 3.63) is 35.4 Å². The second-order valence-electron chi connectivity index (χ2n) is 3.54. The molecule has 0 nitrogen and oxygen atoms in total. The Morgan fingerprint density at radius 1 is 1.08 bits per heavy atom. The molecule has 1 rings (SSSR count). The first kappa shape index (κ1) is 10.6. The summed E-state index contributed by atoms with van der Waals surface area (Å²) >= 11 is 6.49. The highest BCUT2D eigenvalue weighted by molar-refractivity contribution is 6.23. The number of hydrogen-bond acceptors (Lipinski definition) is 0. The van der Waals surface area contributed by atoms with Crippen molar-refractivity contribution in [2.45, 2.75) is 38.5 Å². The molecule has 0 bridgehead atoms. The Labute approximate surface area is 85.9 Å². The van der Waals surface area contributed by atoms with Crippen LogP contribution in [0.25, 0.3) is 0 Å². The van der Waals surface area contributed by atoms with Gasteiger partial charge in [0.1, 0.15) is 0 Å². The molecule has 0 atom stereocenters. The van der Waals surface area contributed by atoms with Gasteiger partial charge < -0.3 is 0 Å². The molecule has 0 aliphatic heterocycles. The van der Waals surface area contributed by atoms with Crippen LogP contribution < -0.4 is 0 Å². The highest BCUT2D eigenvalue weighted by atomic mass is 35.5. The minimum absolute atomic E-state index is 0.159. The van der Waals surface area contributed by atoms with Gasteiger partial charge in [-0.05, 0) is 25.3 Å². The number of aryl methyl sites for hydroxylation is 1. The van der Waals surface area contributed by atoms with Crippen LogP contribution >= 0.6 is 11.6 Å². The van der Waals surface area contributed by atoms with Crippen LogP contribution in [0.1, 0.15) is 37.8 Å². The molecule has 0 aliphatic carbocycles. The van der Waals surface area contributed by atoms with Crippen molar-refractivity contribution >= 4 is 11.6 Å². The van der Waals surface area contributed by atoms with Crippen molar-refractivity contribution in [1.29, 1.82) is 0 Å². The molecular weight excluding hydrogens is 180 g/mol. The van der Waals surface area contributed by atoms with E-state index in [1.165, 1.54) is 11.1 Å². The molecule has 0 fully saturated rings. The van der Waals surface area contributed by atoms with E-state index in [4.69, 9.17) is 11.6 Å². The van der Waals surface area contributed by atoms with Crippen molar-refractivity contribution < 1.29 is 0 Å². The lowest BCUT2D eigenvalue weighted by Gasteiger charge is -2.24. The molecule has 72 valence electrons. The molecular formula is C12H17Cl. The maximum Gasteiger partial charge on any atom is 0.0689 e. The molecule has 0 heterocycles. The van der Waals surface area contributed by atoms with E-state index in [0.717, 1.165) is 12.8 Å². The number of halogens is 1. The lowest BCUT2D eigenvalue weighted by atomic mass is 9.92. The third kappa shape index (κ3) is 2.25. The highest BCUT2D eigenvalue weighted by Crippen LogP contribution is 2.35. The van der Waals surface area contributed by atoms with Crippen LogP contribution in [-0.2, 0) is 4.87 Å². The summed E-state index contributed by atoms with van der Waals surface area (Å²) in [6.07, 6.45) is 1.96. The maximum absolute atomic E-state index is 6.49. The predicted molar refractivity (Wildman–Crippen MR) is 59.3 cm³/mol. The molecule has 0 spiro atoms. The average Bonchev–Trinajstić information content (AvgIpc) is 2.18. The first-order valence-electron chi connectivity index (χ1n) is 4.88. The van der Waals surface area contributed by atoms with Gasteiger partial charge in [0.2, 0.25) is 0 Å². The summed E-state index contributed by atoms with van der Waals surface area (Å²) in [5, 5.41) is 0. The Bertz CT molecular complexity index is 257. The SMILES string of the molecule is CCC(Cl)(CC)c1ccc(C)cc1. The fourth-order valence-corrected chi connectivity index (χ4v) is 1.64. The smallest absolute Gasteiger partial charge is 0.0689 e. The molecule has 0 N–H and O–H groups in total. The van der Waals surface area contributed by atoms with Gasteiger partial charge in [0.25, 0.3) is 0 Å². The summed E-state index contributed by atoms with van der Waals surface area (Å²) in [5.41, 5.74) is 2.53. The molecule has 0 saturated carbocycles. The second-order valence-corrected chi connectivity index (χ2v) is 4.26. The summed E-state index contributed by atoms with van der Waals surface area (Å²) in [6.45, 7) is 6.37. The minimum atomic E-state index is -0.159. The summed E-state index contributed by atoms with van der Waals surface area (Å²) in [6, 6.07) is 8.51. The topological polar surface area (TPSA) is 0 Å². The number of benzene rings is 1. The summed E-state index contributed by atoms with van der Waals surface area (Å²) in [7, 11) is 0. The van der Waals surface area contributed by atoms with E-state index in [1.807, 2.05) is 0 Å². The first-order chi connectivity index (χ1) is 6.12. The first-order valence-corrected chi connectivity index (χ1v) is 5.26. The van der Waals surface area contributed by atoms with Crippen LogP contribution in [0.4, 0.5) is 0 Å². The van der Waals surface area contributed by atoms with Crippen molar-refractivity contribution in [2.75, 3.05) is 0 Å². The molecule has 0 aromatic heterocycles. The van der Waals surface area contributed by atoms with Crippen molar-refractivity contribution in [1.82, 2.24) is 0 Å². The Morgan fingerprint density at radius 3 is 1.92 bits per heavy atom. The molecule has 0 saturated heterocycles. The Hall–Kier alpha value is -0.490. The maximum atomic E-state index is 6.49. The van der Waals surface area contributed by atoms with E-state index in [-0.39, 0.29) is 4.87 Å². The van der Waals surface area contributed by atoms with Gasteiger partial charge >= 0.3 is 0 Å². The van der Waals surface area contributed by atoms with Crippen LogP contribution in [0.2, 0.25) is 0 Å². The van der Waals surface area contributed by atoms with Gasteiger partial charge in [-0.15, -0.1) is 11.6 Å². The fourth-order valence-electron chi connectivity index (χ4n) is 1.51. The van der Waals surface area contributed by atoms with E-state index in [2.05, 4.69) is 45.0 Å². The summed E-state index contributed by atoms with van der Waals surface area (Å²) in [5.74, 6) is 0. The molecule has 1 aromatic carbocycles. The van der Waals surface area contributed by atoms with Gasteiger partial charge in [-0.2, -0.15) is 0 Å². The fraction of sp³-hybridized carbons (Fsp3) is 0.500. The van der Waals surface area contributed by atoms with E-state index >= 15 is 0 Å². The molecule has 1 aromatic rings. The molecule has 0 radical (unpaired) electrons. The van der Waals surface area contributed by atoms with Crippen LogP contribution in [0, 0.1) is 6.92 Å². The van der Waals surface area contributed by atoms with Crippen molar-refractivity contribution in [2.24, 2.45) is 0 Å². The van der Waals surface area contributed by atoms with Crippen LogP contribution in [0.15, 0.2) is 24.3 Å².